The van der Waals surface area contributed by atoms with Gasteiger partial charge in [-0.15, -0.1) is 0 Å². The zero-order valence-corrected chi connectivity index (χ0v) is 22.5. The number of carbonyl (C=O) groups is 2. The van der Waals surface area contributed by atoms with Gasteiger partial charge in [0.05, 0.1) is 24.5 Å². The Morgan fingerprint density at radius 3 is 2.56 bits per heavy atom. The van der Waals surface area contributed by atoms with E-state index in [4.69, 9.17) is 9.47 Å². The Morgan fingerprint density at radius 2 is 1.78 bits per heavy atom. The topological polar surface area (TPSA) is 112 Å². The Hall–Kier alpha value is -5.31. The molecule has 3 heterocycles. The number of nitrogens with zero attached hydrogens (tertiary/aromatic N) is 3. The maximum Gasteiger partial charge on any atom is 0.268 e. The SMILES string of the molecule is COc1ccc2c(Oc3ccc(NC(=O)c4cc5c(n(-c6ccccc6C)c4=O)CCCC5=O)nc3)ccnc2c1. The molecule has 9 heteroatoms. The van der Waals surface area contributed by atoms with Gasteiger partial charge in [-0.1, -0.05) is 18.2 Å². The van der Waals surface area contributed by atoms with E-state index in [1.54, 1.807) is 31.5 Å². The van der Waals surface area contributed by atoms with Crippen LogP contribution in [0.5, 0.6) is 17.2 Å². The largest absolute Gasteiger partial charge is 0.497 e. The van der Waals surface area contributed by atoms with Gasteiger partial charge >= 0.3 is 0 Å². The number of ether oxygens (including phenoxy) is 2. The van der Waals surface area contributed by atoms with Gasteiger partial charge in [-0.05, 0) is 67.8 Å². The number of carbonyl (C=O) groups excluding carboxylic acids is 2. The molecule has 0 bridgehead atoms. The fourth-order valence-corrected chi connectivity index (χ4v) is 5.07. The summed E-state index contributed by atoms with van der Waals surface area (Å²) in [6.07, 6.45) is 4.74. The minimum absolute atomic E-state index is 0.0793. The predicted octanol–water partition coefficient (Wildman–Crippen LogP) is 5.66. The van der Waals surface area contributed by atoms with Crippen LogP contribution in [0.2, 0.25) is 0 Å². The lowest BCUT2D eigenvalue weighted by atomic mass is 9.92. The minimum Gasteiger partial charge on any atom is -0.497 e. The van der Waals surface area contributed by atoms with Crippen LogP contribution >= 0.6 is 0 Å². The standard InChI is InChI=1S/C32H26N4O5/c1-19-6-3-4-7-26(19)36-27-8-5-9-28(37)23(27)17-24(32(36)39)31(38)35-30-13-11-21(18-34-30)41-29-14-15-33-25-16-20(40-2)10-12-22(25)29/h3-4,6-7,10-18H,5,8-9H2,1-2H3,(H,34,35,38). The first-order valence-electron chi connectivity index (χ1n) is 13.2. The first-order chi connectivity index (χ1) is 19.9. The van der Waals surface area contributed by atoms with E-state index in [2.05, 4.69) is 15.3 Å². The van der Waals surface area contributed by atoms with Gasteiger partial charge in [0.25, 0.3) is 11.5 Å². The molecule has 0 saturated heterocycles. The number of aromatic nitrogens is 3. The molecule has 2 aromatic carbocycles. The number of methoxy groups -OCH3 is 1. The highest BCUT2D eigenvalue weighted by Crippen LogP contribution is 2.31. The van der Waals surface area contributed by atoms with E-state index in [1.807, 2.05) is 49.4 Å². The molecule has 1 aliphatic carbocycles. The maximum atomic E-state index is 13.7. The number of anilines is 1. The normalized spacial score (nSPS) is 12.6. The number of benzene rings is 2. The number of pyridine rings is 3. The molecule has 0 saturated carbocycles. The van der Waals surface area contributed by atoms with Gasteiger partial charge in [-0.3, -0.25) is 23.9 Å². The van der Waals surface area contributed by atoms with Gasteiger partial charge < -0.3 is 14.8 Å². The average molecular weight is 547 g/mol. The third kappa shape index (κ3) is 4.93. The zero-order valence-electron chi connectivity index (χ0n) is 22.5. The average Bonchev–Trinajstić information content (AvgIpc) is 2.98. The fourth-order valence-electron chi connectivity index (χ4n) is 5.07. The van der Waals surface area contributed by atoms with E-state index >= 15 is 0 Å². The molecule has 41 heavy (non-hydrogen) atoms. The predicted molar refractivity (Wildman–Crippen MR) is 155 cm³/mol. The molecule has 0 fully saturated rings. The highest BCUT2D eigenvalue weighted by atomic mass is 16.5. The Bertz CT molecular complexity index is 1880. The number of aryl methyl sites for hydroxylation is 1. The second kappa shape index (κ2) is 10.7. The monoisotopic (exact) mass is 546 g/mol. The molecule has 0 unspecified atom stereocenters. The van der Waals surface area contributed by atoms with Crippen molar-refractivity contribution in [2.24, 2.45) is 0 Å². The first-order valence-corrected chi connectivity index (χ1v) is 13.2. The molecule has 0 radical (unpaired) electrons. The summed E-state index contributed by atoms with van der Waals surface area (Å²) in [5, 5.41) is 3.50. The highest BCUT2D eigenvalue weighted by Gasteiger charge is 2.27. The number of amides is 1. The molecule has 0 atom stereocenters. The van der Waals surface area contributed by atoms with Crippen molar-refractivity contribution < 1.29 is 19.1 Å². The van der Waals surface area contributed by atoms with Crippen molar-refractivity contribution in [1.29, 1.82) is 0 Å². The summed E-state index contributed by atoms with van der Waals surface area (Å²) in [5.41, 5.74) is 2.68. The van der Waals surface area contributed by atoms with Gasteiger partial charge in [-0.25, -0.2) is 4.98 Å². The van der Waals surface area contributed by atoms with Crippen molar-refractivity contribution >= 4 is 28.4 Å². The van der Waals surface area contributed by atoms with E-state index in [1.165, 1.54) is 16.8 Å². The molecule has 1 amide bonds. The number of Topliss-reactive ketones (excluding diaryl/α,β-unsaturated/α-hetero) is 1. The number of hydrogen-bond donors (Lipinski definition) is 1. The smallest absolute Gasteiger partial charge is 0.268 e. The Morgan fingerprint density at radius 1 is 0.951 bits per heavy atom. The van der Waals surface area contributed by atoms with E-state index in [-0.39, 0.29) is 17.2 Å². The first kappa shape index (κ1) is 25.9. The molecule has 0 spiro atoms. The van der Waals surface area contributed by atoms with E-state index in [9.17, 15) is 14.4 Å². The molecule has 0 aliphatic heterocycles. The summed E-state index contributed by atoms with van der Waals surface area (Å²) in [4.78, 5) is 48.5. The van der Waals surface area contributed by atoms with Crippen LogP contribution in [-0.4, -0.2) is 33.3 Å². The molecule has 3 aromatic heterocycles. The van der Waals surface area contributed by atoms with Crippen molar-refractivity contribution in [2.75, 3.05) is 12.4 Å². The summed E-state index contributed by atoms with van der Waals surface area (Å²) in [5.74, 6) is 1.24. The number of fused-ring (bicyclic) bond motifs is 2. The van der Waals surface area contributed by atoms with Crippen molar-refractivity contribution in [3.8, 4) is 22.9 Å². The number of rotatable bonds is 6. The van der Waals surface area contributed by atoms with Crippen LogP contribution in [0.3, 0.4) is 0 Å². The van der Waals surface area contributed by atoms with Crippen LogP contribution in [-0.2, 0) is 6.42 Å². The number of para-hydroxylation sites is 1. The third-order valence-electron chi connectivity index (χ3n) is 7.14. The van der Waals surface area contributed by atoms with Crippen LogP contribution in [0, 0.1) is 6.92 Å². The second-order valence-electron chi connectivity index (χ2n) is 9.75. The van der Waals surface area contributed by atoms with Crippen molar-refractivity contribution in [3.05, 3.63) is 112 Å². The van der Waals surface area contributed by atoms with Crippen LogP contribution in [0.1, 0.15) is 44.8 Å². The van der Waals surface area contributed by atoms with Gasteiger partial charge in [0.1, 0.15) is 28.6 Å². The summed E-state index contributed by atoms with van der Waals surface area (Å²) in [6.45, 7) is 1.89. The van der Waals surface area contributed by atoms with Crippen LogP contribution in [0.25, 0.3) is 16.6 Å². The summed E-state index contributed by atoms with van der Waals surface area (Å²) in [6, 6.07) is 19.4. The van der Waals surface area contributed by atoms with E-state index < -0.39 is 11.5 Å². The van der Waals surface area contributed by atoms with E-state index in [0.717, 1.165) is 16.5 Å². The summed E-state index contributed by atoms with van der Waals surface area (Å²) < 4.78 is 12.8. The maximum absolute atomic E-state index is 13.7. The Balaban J connectivity index is 1.28. The molecular formula is C32H26N4O5. The van der Waals surface area contributed by atoms with Crippen LogP contribution in [0.4, 0.5) is 5.82 Å². The van der Waals surface area contributed by atoms with Gasteiger partial charge in [0, 0.05) is 35.3 Å². The number of hydrogen-bond acceptors (Lipinski definition) is 7. The lowest BCUT2D eigenvalue weighted by Crippen LogP contribution is -2.34. The zero-order chi connectivity index (χ0) is 28.5. The van der Waals surface area contributed by atoms with Gasteiger partial charge in [0.15, 0.2) is 5.78 Å². The highest BCUT2D eigenvalue weighted by molar-refractivity contribution is 6.06. The Labute approximate surface area is 235 Å². The van der Waals surface area contributed by atoms with Crippen LogP contribution in [0.15, 0.2) is 83.9 Å². The number of nitrogens with one attached hydrogen (secondary N) is 1. The third-order valence-corrected chi connectivity index (χ3v) is 7.14. The number of ketones is 1. The lowest BCUT2D eigenvalue weighted by Gasteiger charge is -2.22. The molecule has 1 aliphatic rings. The summed E-state index contributed by atoms with van der Waals surface area (Å²) >= 11 is 0. The molecular weight excluding hydrogens is 520 g/mol. The van der Waals surface area contributed by atoms with Crippen molar-refractivity contribution in [1.82, 2.24) is 14.5 Å². The summed E-state index contributed by atoms with van der Waals surface area (Å²) in [7, 11) is 1.60. The molecule has 1 N–H and O–H groups in total. The van der Waals surface area contributed by atoms with Crippen molar-refractivity contribution in [2.45, 2.75) is 26.2 Å². The molecule has 9 nitrogen and oxygen atoms in total. The lowest BCUT2D eigenvalue weighted by molar-refractivity contribution is 0.0971. The minimum atomic E-state index is -0.645. The molecule has 6 rings (SSSR count). The van der Waals surface area contributed by atoms with Crippen molar-refractivity contribution in [3.63, 3.8) is 0 Å². The van der Waals surface area contributed by atoms with Gasteiger partial charge in [-0.2, -0.15) is 0 Å². The van der Waals surface area contributed by atoms with E-state index in [0.29, 0.717) is 53.5 Å². The quantitative estimate of drug-likeness (QED) is 0.292. The van der Waals surface area contributed by atoms with Gasteiger partial charge in [0.2, 0.25) is 0 Å². The van der Waals surface area contributed by atoms with Crippen LogP contribution < -0.4 is 20.3 Å². The Kier molecular flexibility index (Phi) is 6.76. The molecule has 5 aromatic rings. The molecule has 204 valence electrons. The second-order valence-corrected chi connectivity index (χ2v) is 9.75. The fraction of sp³-hybridized carbons (Fsp3) is 0.156.